The normalized spacial score (nSPS) is 11.5. The Morgan fingerprint density at radius 3 is 2.37 bits per heavy atom. The van der Waals surface area contributed by atoms with Gasteiger partial charge in [0.05, 0.1) is 0 Å². The molecule has 0 nitrogen and oxygen atoms in total. The molecule has 0 saturated heterocycles. The van der Waals surface area contributed by atoms with Crippen molar-refractivity contribution in [3.8, 4) is 11.1 Å². The second-order valence-electron chi connectivity index (χ2n) is 4.41. The minimum Gasteiger partial charge on any atom is -0.207 e. The topological polar surface area (TPSA) is 0 Å². The van der Waals surface area contributed by atoms with Crippen molar-refractivity contribution >= 4 is 6.08 Å². The smallest absolute Gasteiger partial charge is 0.123 e. The van der Waals surface area contributed by atoms with Crippen LogP contribution in [0.4, 0.5) is 4.39 Å². The predicted octanol–water partition coefficient (Wildman–Crippen LogP) is 5.39. The molecule has 2 aromatic rings. The molecule has 0 aliphatic heterocycles. The van der Waals surface area contributed by atoms with Gasteiger partial charge >= 0.3 is 0 Å². The van der Waals surface area contributed by atoms with Gasteiger partial charge in [-0.3, -0.25) is 0 Å². The largest absolute Gasteiger partial charge is 0.207 e. The molecule has 0 spiro atoms. The van der Waals surface area contributed by atoms with Gasteiger partial charge in [0.15, 0.2) is 0 Å². The van der Waals surface area contributed by atoms with Crippen LogP contribution in [0.25, 0.3) is 17.2 Å². The van der Waals surface area contributed by atoms with E-state index < -0.39 is 0 Å². The van der Waals surface area contributed by atoms with Crippen LogP contribution in [0.2, 0.25) is 0 Å². The summed E-state index contributed by atoms with van der Waals surface area (Å²) >= 11 is 0. The van der Waals surface area contributed by atoms with Crippen molar-refractivity contribution in [2.24, 2.45) is 0 Å². The van der Waals surface area contributed by atoms with Crippen molar-refractivity contribution in [2.45, 2.75) is 13.8 Å². The first-order chi connectivity index (χ1) is 9.22. The molecule has 0 heterocycles. The van der Waals surface area contributed by atoms with Gasteiger partial charge in [-0.15, -0.1) is 0 Å². The fourth-order valence-electron chi connectivity index (χ4n) is 2.05. The Hall–Kier alpha value is -2.15. The first-order valence-corrected chi connectivity index (χ1v) is 6.37. The number of halogens is 1. The summed E-state index contributed by atoms with van der Waals surface area (Å²) in [5.41, 5.74) is 4.57. The van der Waals surface area contributed by atoms with E-state index in [0.717, 1.165) is 11.1 Å². The SMILES string of the molecule is C/C=C/C=C/c1cccc(-c2ccc(F)cc2)c1C. The van der Waals surface area contributed by atoms with Gasteiger partial charge in [-0.25, -0.2) is 4.39 Å². The average molecular weight is 252 g/mol. The molecule has 2 rings (SSSR count). The van der Waals surface area contributed by atoms with E-state index in [1.807, 2.05) is 43.4 Å². The molecule has 0 amide bonds. The van der Waals surface area contributed by atoms with Crippen molar-refractivity contribution in [3.63, 3.8) is 0 Å². The highest BCUT2D eigenvalue weighted by Crippen LogP contribution is 2.26. The number of allylic oxidation sites excluding steroid dienone is 3. The molecule has 1 heteroatoms. The van der Waals surface area contributed by atoms with Gasteiger partial charge in [0.2, 0.25) is 0 Å². The van der Waals surface area contributed by atoms with E-state index in [2.05, 4.69) is 25.1 Å². The van der Waals surface area contributed by atoms with E-state index >= 15 is 0 Å². The summed E-state index contributed by atoms with van der Waals surface area (Å²) in [6.07, 6.45) is 8.11. The van der Waals surface area contributed by atoms with E-state index in [4.69, 9.17) is 0 Å². The van der Waals surface area contributed by atoms with Crippen LogP contribution in [-0.4, -0.2) is 0 Å². The zero-order valence-corrected chi connectivity index (χ0v) is 11.2. The van der Waals surface area contributed by atoms with Crippen LogP contribution in [0.1, 0.15) is 18.1 Å². The summed E-state index contributed by atoms with van der Waals surface area (Å²) in [4.78, 5) is 0. The highest BCUT2D eigenvalue weighted by atomic mass is 19.1. The lowest BCUT2D eigenvalue weighted by Gasteiger charge is -2.09. The van der Waals surface area contributed by atoms with Crippen molar-refractivity contribution < 1.29 is 4.39 Å². The van der Waals surface area contributed by atoms with Crippen molar-refractivity contribution in [1.29, 1.82) is 0 Å². The van der Waals surface area contributed by atoms with Gasteiger partial charge in [-0.2, -0.15) is 0 Å². The third kappa shape index (κ3) is 3.19. The van der Waals surface area contributed by atoms with Crippen LogP contribution in [0.3, 0.4) is 0 Å². The van der Waals surface area contributed by atoms with Gasteiger partial charge in [0.25, 0.3) is 0 Å². The number of hydrogen-bond donors (Lipinski definition) is 0. The van der Waals surface area contributed by atoms with Gasteiger partial charge in [0.1, 0.15) is 5.82 Å². The van der Waals surface area contributed by atoms with Crippen LogP contribution in [-0.2, 0) is 0 Å². The maximum absolute atomic E-state index is 13.0. The zero-order chi connectivity index (χ0) is 13.7. The maximum atomic E-state index is 13.0. The highest BCUT2D eigenvalue weighted by Gasteiger charge is 2.04. The molecule has 19 heavy (non-hydrogen) atoms. The molecule has 0 unspecified atom stereocenters. The zero-order valence-electron chi connectivity index (χ0n) is 11.2. The summed E-state index contributed by atoms with van der Waals surface area (Å²) in [6, 6.07) is 12.8. The molecule has 0 bridgehead atoms. The average Bonchev–Trinajstić information content (AvgIpc) is 2.42. The van der Waals surface area contributed by atoms with Gasteiger partial charge in [0, 0.05) is 0 Å². The first kappa shape index (κ1) is 13.3. The number of hydrogen-bond acceptors (Lipinski definition) is 0. The van der Waals surface area contributed by atoms with E-state index in [1.165, 1.54) is 23.3 Å². The third-order valence-electron chi connectivity index (χ3n) is 3.11. The molecule has 0 saturated carbocycles. The lowest BCUT2D eigenvalue weighted by atomic mass is 9.96. The summed E-state index contributed by atoms with van der Waals surface area (Å²) in [5.74, 6) is -0.203. The van der Waals surface area contributed by atoms with Crippen molar-refractivity contribution in [2.75, 3.05) is 0 Å². The Morgan fingerprint density at radius 2 is 1.68 bits per heavy atom. The van der Waals surface area contributed by atoms with E-state index in [-0.39, 0.29) is 5.82 Å². The molecule has 0 atom stereocenters. The lowest BCUT2D eigenvalue weighted by molar-refractivity contribution is 0.628. The Balaban J connectivity index is 2.42. The van der Waals surface area contributed by atoms with Crippen LogP contribution in [0.15, 0.2) is 60.7 Å². The molecule has 2 aromatic carbocycles. The molecule has 0 aromatic heterocycles. The minimum atomic E-state index is -0.203. The quantitative estimate of drug-likeness (QED) is 0.642. The van der Waals surface area contributed by atoms with E-state index in [0.29, 0.717) is 0 Å². The maximum Gasteiger partial charge on any atom is 0.123 e. The molecule has 0 N–H and O–H groups in total. The number of rotatable bonds is 3. The predicted molar refractivity (Wildman–Crippen MR) is 80.4 cm³/mol. The second kappa shape index (κ2) is 6.14. The Labute approximate surface area is 113 Å². The van der Waals surface area contributed by atoms with Crippen LogP contribution < -0.4 is 0 Å². The fourth-order valence-corrected chi connectivity index (χ4v) is 2.05. The Morgan fingerprint density at radius 1 is 0.947 bits per heavy atom. The second-order valence-corrected chi connectivity index (χ2v) is 4.41. The standard InChI is InChI=1S/C18H17F/c1-3-4-5-7-15-8-6-9-18(14(15)2)16-10-12-17(19)13-11-16/h3-13H,1-2H3/b4-3+,7-5+. The third-order valence-corrected chi connectivity index (χ3v) is 3.11. The van der Waals surface area contributed by atoms with Crippen LogP contribution in [0, 0.1) is 12.7 Å². The number of benzene rings is 2. The van der Waals surface area contributed by atoms with Crippen molar-refractivity contribution in [3.05, 3.63) is 77.6 Å². The highest BCUT2D eigenvalue weighted by molar-refractivity contribution is 5.72. The van der Waals surface area contributed by atoms with Gasteiger partial charge < -0.3 is 0 Å². The molecule has 0 aliphatic carbocycles. The molecular weight excluding hydrogens is 235 g/mol. The van der Waals surface area contributed by atoms with Gasteiger partial charge in [-0.05, 0) is 48.2 Å². The molecule has 0 aliphatic rings. The summed E-state index contributed by atoms with van der Waals surface area (Å²) in [6.45, 7) is 4.08. The molecule has 96 valence electrons. The van der Waals surface area contributed by atoms with Crippen LogP contribution in [0.5, 0.6) is 0 Å². The molecular formula is C18H17F. The van der Waals surface area contributed by atoms with Crippen LogP contribution >= 0.6 is 0 Å². The summed E-state index contributed by atoms with van der Waals surface area (Å²) in [5, 5.41) is 0. The van der Waals surface area contributed by atoms with Gasteiger partial charge in [-0.1, -0.05) is 54.6 Å². The van der Waals surface area contributed by atoms with E-state index in [1.54, 1.807) is 0 Å². The summed E-state index contributed by atoms with van der Waals surface area (Å²) < 4.78 is 13.0. The minimum absolute atomic E-state index is 0.203. The Kier molecular flexibility index (Phi) is 4.30. The summed E-state index contributed by atoms with van der Waals surface area (Å²) in [7, 11) is 0. The first-order valence-electron chi connectivity index (χ1n) is 6.37. The molecule has 0 fully saturated rings. The molecule has 0 radical (unpaired) electrons. The lowest BCUT2D eigenvalue weighted by Crippen LogP contribution is -1.87. The van der Waals surface area contributed by atoms with E-state index in [9.17, 15) is 4.39 Å². The monoisotopic (exact) mass is 252 g/mol. The Bertz CT molecular complexity index is 604. The van der Waals surface area contributed by atoms with Crippen molar-refractivity contribution in [1.82, 2.24) is 0 Å². The fraction of sp³-hybridized carbons (Fsp3) is 0.111.